The molecule has 0 aliphatic heterocycles. The average molecular weight is 290 g/mol. The van der Waals surface area contributed by atoms with Crippen LogP contribution in [0.15, 0.2) is 18.3 Å². The number of likely N-dealkylation sites (N-methyl/N-ethyl adjacent to an activating group) is 2. The number of rotatable bonds is 7. The first-order valence-electron chi connectivity index (χ1n) is 8.29. The molecule has 4 heteroatoms. The van der Waals surface area contributed by atoms with Crippen LogP contribution in [0.3, 0.4) is 0 Å². The molecule has 1 fully saturated rings. The molecule has 0 bridgehead atoms. The van der Waals surface area contributed by atoms with Crippen LogP contribution in [0.5, 0.6) is 0 Å². The molecule has 1 atom stereocenters. The molecule has 2 rings (SSSR count). The summed E-state index contributed by atoms with van der Waals surface area (Å²) in [6.45, 7) is 6.79. The SMILES string of the molecule is CCN(CC)C1(C(Cc2ccnc(N)c2)NC)CCCC1. The van der Waals surface area contributed by atoms with Gasteiger partial charge in [0, 0.05) is 17.8 Å². The molecule has 21 heavy (non-hydrogen) atoms. The van der Waals surface area contributed by atoms with Gasteiger partial charge in [-0.15, -0.1) is 0 Å². The zero-order valence-electron chi connectivity index (χ0n) is 13.7. The lowest BCUT2D eigenvalue weighted by Crippen LogP contribution is -2.60. The smallest absolute Gasteiger partial charge is 0.123 e. The molecule has 118 valence electrons. The molecule has 3 N–H and O–H groups in total. The molecule has 0 saturated heterocycles. The summed E-state index contributed by atoms with van der Waals surface area (Å²) in [7, 11) is 2.10. The highest BCUT2D eigenvalue weighted by atomic mass is 15.2. The monoisotopic (exact) mass is 290 g/mol. The Hall–Kier alpha value is -1.13. The number of nitrogens with zero attached hydrogens (tertiary/aromatic N) is 2. The molecule has 1 aromatic heterocycles. The van der Waals surface area contributed by atoms with Gasteiger partial charge in [0.05, 0.1) is 0 Å². The quantitative estimate of drug-likeness (QED) is 0.810. The summed E-state index contributed by atoms with van der Waals surface area (Å²) in [6.07, 6.45) is 8.09. The van der Waals surface area contributed by atoms with Crippen molar-refractivity contribution in [3.63, 3.8) is 0 Å². The van der Waals surface area contributed by atoms with Crippen molar-refractivity contribution in [2.24, 2.45) is 0 Å². The van der Waals surface area contributed by atoms with Crippen LogP contribution in [0.25, 0.3) is 0 Å². The molecule has 1 saturated carbocycles. The summed E-state index contributed by atoms with van der Waals surface area (Å²) in [5.74, 6) is 0.616. The normalized spacial score (nSPS) is 19.0. The zero-order chi connectivity index (χ0) is 15.3. The van der Waals surface area contributed by atoms with Gasteiger partial charge in [-0.2, -0.15) is 0 Å². The van der Waals surface area contributed by atoms with E-state index in [0.29, 0.717) is 11.9 Å². The van der Waals surface area contributed by atoms with E-state index in [1.54, 1.807) is 0 Å². The van der Waals surface area contributed by atoms with Gasteiger partial charge in [0.15, 0.2) is 0 Å². The number of pyridine rings is 1. The van der Waals surface area contributed by atoms with Crippen molar-refractivity contribution in [1.82, 2.24) is 15.2 Å². The Morgan fingerprint density at radius 3 is 2.52 bits per heavy atom. The van der Waals surface area contributed by atoms with Gasteiger partial charge in [-0.3, -0.25) is 4.90 Å². The highest BCUT2D eigenvalue weighted by Gasteiger charge is 2.44. The molecule has 0 aromatic carbocycles. The third-order valence-electron chi connectivity index (χ3n) is 5.15. The topological polar surface area (TPSA) is 54.2 Å². The standard InChI is InChI=1S/C17H30N4/c1-4-21(5-2)17(9-6-7-10-17)15(19-3)12-14-8-11-20-16(18)13-14/h8,11,13,15,19H,4-7,9-10,12H2,1-3H3,(H2,18,20). The van der Waals surface area contributed by atoms with Gasteiger partial charge in [-0.05, 0) is 57.1 Å². The van der Waals surface area contributed by atoms with Crippen LogP contribution in [0, 0.1) is 0 Å². The number of anilines is 1. The summed E-state index contributed by atoms with van der Waals surface area (Å²) in [5.41, 5.74) is 7.40. The van der Waals surface area contributed by atoms with E-state index in [4.69, 9.17) is 5.73 Å². The van der Waals surface area contributed by atoms with Gasteiger partial charge >= 0.3 is 0 Å². The van der Waals surface area contributed by atoms with E-state index in [0.717, 1.165) is 19.5 Å². The van der Waals surface area contributed by atoms with Crippen molar-refractivity contribution < 1.29 is 0 Å². The Morgan fingerprint density at radius 1 is 1.33 bits per heavy atom. The lowest BCUT2D eigenvalue weighted by Gasteiger charge is -2.46. The molecule has 1 aliphatic rings. The first kappa shape index (κ1) is 16.2. The maximum absolute atomic E-state index is 5.83. The van der Waals surface area contributed by atoms with Crippen LogP contribution in [0.1, 0.15) is 45.1 Å². The maximum Gasteiger partial charge on any atom is 0.123 e. The molecule has 1 aromatic rings. The Kier molecular flexibility index (Phi) is 5.59. The van der Waals surface area contributed by atoms with Crippen LogP contribution in [0.4, 0.5) is 5.82 Å². The van der Waals surface area contributed by atoms with Gasteiger partial charge < -0.3 is 11.1 Å². The third kappa shape index (κ3) is 3.38. The van der Waals surface area contributed by atoms with Crippen molar-refractivity contribution in [2.75, 3.05) is 25.9 Å². The van der Waals surface area contributed by atoms with E-state index in [-0.39, 0.29) is 5.54 Å². The van der Waals surface area contributed by atoms with Gasteiger partial charge in [0.1, 0.15) is 5.82 Å². The maximum atomic E-state index is 5.83. The Bertz CT molecular complexity index is 436. The van der Waals surface area contributed by atoms with Crippen LogP contribution in [-0.4, -0.2) is 41.6 Å². The fourth-order valence-electron chi connectivity index (χ4n) is 4.14. The second-order valence-electron chi connectivity index (χ2n) is 6.12. The molecule has 1 heterocycles. The summed E-state index contributed by atoms with van der Waals surface area (Å²) < 4.78 is 0. The number of nitrogens with one attached hydrogen (secondary N) is 1. The number of nitrogens with two attached hydrogens (primary N) is 1. The number of nitrogen functional groups attached to an aromatic ring is 1. The van der Waals surface area contributed by atoms with Crippen molar-refractivity contribution in [3.05, 3.63) is 23.9 Å². The van der Waals surface area contributed by atoms with Gasteiger partial charge in [0.2, 0.25) is 0 Å². The minimum absolute atomic E-state index is 0.288. The van der Waals surface area contributed by atoms with Crippen LogP contribution in [0.2, 0.25) is 0 Å². The molecule has 0 spiro atoms. The first-order valence-corrected chi connectivity index (χ1v) is 8.29. The molecular weight excluding hydrogens is 260 g/mol. The molecule has 1 unspecified atom stereocenters. The van der Waals surface area contributed by atoms with Crippen molar-refractivity contribution in [3.8, 4) is 0 Å². The summed E-state index contributed by atoms with van der Waals surface area (Å²) in [5, 5.41) is 3.60. The largest absolute Gasteiger partial charge is 0.384 e. The molecule has 4 nitrogen and oxygen atoms in total. The third-order valence-corrected chi connectivity index (χ3v) is 5.15. The lowest BCUT2D eigenvalue weighted by atomic mass is 9.82. The first-order chi connectivity index (χ1) is 10.2. The Morgan fingerprint density at radius 2 is 2.00 bits per heavy atom. The van der Waals surface area contributed by atoms with E-state index in [9.17, 15) is 0 Å². The van der Waals surface area contributed by atoms with Crippen molar-refractivity contribution in [1.29, 1.82) is 0 Å². The predicted molar refractivity (Wildman–Crippen MR) is 89.3 cm³/mol. The van der Waals surface area contributed by atoms with Gasteiger partial charge in [-0.25, -0.2) is 4.98 Å². The van der Waals surface area contributed by atoms with Crippen molar-refractivity contribution >= 4 is 5.82 Å². The molecular formula is C17H30N4. The zero-order valence-corrected chi connectivity index (χ0v) is 13.7. The highest BCUT2D eigenvalue weighted by molar-refractivity contribution is 5.32. The van der Waals surface area contributed by atoms with E-state index >= 15 is 0 Å². The van der Waals surface area contributed by atoms with Crippen LogP contribution < -0.4 is 11.1 Å². The molecule has 1 aliphatic carbocycles. The minimum Gasteiger partial charge on any atom is -0.384 e. The lowest BCUT2D eigenvalue weighted by molar-refractivity contribution is 0.0658. The fraction of sp³-hybridized carbons (Fsp3) is 0.706. The highest BCUT2D eigenvalue weighted by Crippen LogP contribution is 2.39. The summed E-state index contributed by atoms with van der Waals surface area (Å²) in [4.78, 5) is 6.76. The number of hydrogen-bond donors (Lipinski definition) is 2. The van der Waals surface area contributed by atoms with Crippen molar-refractivity contribution in [2.45, 2.75) is 57.5 Å². The fourth-order valence-corrected chi connectivity index (χ4v) is 4.14. The minimum atomic E-state index is 0.288. The van der Waals surface area contributed by atoms with E-state index in [1.807, 2.05) is 12.3 Å². The van der Waals surface area contributed by atoms with Crippen LogP contribution >= 0.6 is 0 Å². The van der Waals surface area contributed by atoms with Gasteiger partial charge in [0.25, 0.3) is 0 Å². The molecule has 0 amide bonds. The second-order valence-corrected chi connectivity index (χ2v) is 6.12. The predicted octanol–water partition coefficient (Wildman–Crippen LogP) is 2.45. The Labute approximate surface area is 129 Å². The van der Waals surface area contributed by atoms with E-state index in [1.165, 1.54) is 31.2 Å². The number of aromatic nitrogens is 1. The van der Waals surface area contributed by atoms with E-state index < -0.39 is 0 Å². The van der Waals surface area contributed by atoms with Crippen LogP contribution in [-0.2, 0) is 6.42 Å². The molecule has 0 radical (unpaired) electrons. The van der Waals surface area contributed by atoms with Gasteiger partial charge in [-0.1, -0.05) is 26.7 Å². The number of hydrogen-bond acceptors (Lipinski definition) is 4. The summed E-state index contributed by atoms with van der Waals surface area (Å²) >= 11 is 0. The Balaban J connectivity index is 2.24. The average Bonchev–Trinajstić information content (AvgIpc) is 2.96. The van der Waals surface area contributed by atoms with E-state index in [2.05, 4.69) is 42.2 Å². The summed E-state index contributed by atoms with van der Waals surface area (Å²) in [6, 6.07) is 4.56. The second kappa shape index (κ2) is 7.23.